The Morgan fingerprint density at radius 1 is 1.32 bits per heavy atom. The van der Waals surface area contributed by atoms with E-state index in [1.54, 1.807) is 0 Å². The lowest BCUT2D eigenvalue weighted by atomic mass is 9.91. The summed E-state index contributed by atoms with van der Waals surface area (Å²) in [7, 11) is 0. The van der Waals surface area contributed by atoms with Crippen LogP contribution in [-0.2, 0) is 4.79 Å². The van der Waals surface area contributed by atoms with E-state index < -0.39 is 0 Å². The summed E-state index contributed by atoms with van der Waals surface area (Å²) in [6.07, 6.45) is 4.44. The lowest BCUT2D eigenvalue weighted by Gasteiger charge is -2.32. The van der Waals surface area contributed by atoms with Crippen LogP contribution in [-0.4, -0.2) is 49.6 Å². The molecule has 19 heavy (non-hydrogen) atoms. The van der Waals surface area contributed by atoms with Crippen LogP contribution in [0, 0.1) is 11.8 Å². The molecule has 0 aromatic rings. The van der Waals surface area contributed by atoms with Crippen LogP contribution in [0.4, 0.5) is 0 Å². The molecule has 0 bridgehead atoms. The van der Waals surface area contributed by atoms with E-state index in [4.69, 9.17) is 0 Å². The van der Waals surface area contributed by atoms with Crippen LogP contribution >= 0.6 is 0 Å². The molecule has 2 fully saturated rings. The highest BCUT2D eigenvalue weighted by Crippen LogP contribution is 2.18. The van der Waals surface area contributed by atoms with E-state index in [0.29, 0.717) is 12.0 Å². The Morgan fingerprint density at radius 3 is 2.68 bits per heavy atom. The number of hydrogen-bond acceptors (Lipinski definition) is 3. The first-order valence-corrected chi connectivity index (χ1v) is 7.92. The van der Waals surface area contributed by atoms with Crippen molar-refractivity contribution in [1.29, 1.82) is 0 Å². The Hall–Kier alpha value is -0.610. The van der Waals surface area contributed by atoms with Gasteiger partial charge in [-0.1, -0.05) is 6.92 Å². The van der Waals surface area contributed by atoms with Gasteiger partial charge in [-0.3, -0.25) is 4.79 Å². The van der Waals surface area contributed by atoms with Crippen molar-refractivity contribution in [2.75, 3.05) is 32.7 Å². The van der Waals surface area contributed by atoms with Gasteiger partial charge in [-0.25, -0.2) is 0 Å². The number of nitrogens with one attached hydrogen (secondary N) is 2. The van der Waals surface area contributed by atoms with Crippen molar-refractivity contribution in [2.24, 2.45) is 11.8 Å². The maximum absolute atomic E-state index is 12.2. The van der Waals surface area contributed by atoms with E-state index >= 15 is 0 Å². The van der Waals surface area contributed by atoms with Gasteiger partial charge in [0.05, 0.1) is 0 Å². The van der Waals surface area contributed by atoms with Crippen molar-refractivity contribution in [3.63, 3.8) is 0 Å². The fourth-order valence-electron chi connectivity index (χ4n) is 3.27. The highest BCUT2D eigenvalue weighted by Gasteiger charge is 2.25. The minimum absolute atomic E-state index is 0.229. The molecule has 2 heterocycles. The number of amides is 1. The smallest absolute Gasteiger partial charge is 0.223 e. The summed E-state index contributed by atoms with van der Waals surface area (Å²) in [5.41, 5.74) is 0. The Kier molecular flexibility index (Phi) is 5.64. The highest BCUT2D eigenvalue weighted by atomic mass is 16.1. The van der Waals surface area contributed by atoms with Gasteiger partial charge in [-0.2, -0.15) is 0 Å². The third-order valence-corrected chi connectivity index (χ3v) is 4.71. The SMILES string of the molecule is CCN1CCC(CNC(=O)C2CCNC(C)C2)CC1. The van der Waals surface area contributed by atoms with Crippen LogP contribution in [0.3, 0.4) is 0 Å². The second-order valence-corrected chi connectivity index (χ2v) is 6.20. The summed E-state index contributed by atoms with van der Waals surface area (Å²) in [6, 6.07) is 0.484. The molecule has 0 aromatic carbocycles. The third-order valence-electron chi connectivity index (χ3n) is 4.71. The first kappa shape index (κ1) is 14.8. The summed E-state index contributed by atoms with van der Waals surface area (Å²) < 4.78 is 0. The molecule has 1 amide bonds. The molecule has 2 saturated heterocycles. The summed E-state index contributed by atoms with van der Waals surface area (Å²) in [6.45, 7) is 9.80. The second kappa shape index (κ2) is 7.25. The maximum atomic E-state index is 12.2. The molecule has 2 aliphatic heterocycles. The van der Waals surface area contributed by atoms with Crippen molar-refractivity contribution in [3.8, 4) is 0 Å². The fraction of sp³-hybridized carbons (Fsp3) is 0.933. The van der Waals surface area contributed by atoms with Crippen LogP contribution in [0.2, 0.25) is 0 Å². The van der Waals surface area contributed by atoms with Crippen molar-refractivity contribution in [1.82, 2.24) is 15.5 Å². The zero-order chi connectivity index (χ0) is 13.7. The normalized spacial score (nSPS) is 30.2. The van der Waals surface area contributed by atoms with E-state index in [1.165, 1.54) is 25.9 Å². The quantitative estimate of drug-likeness (QED) is 0.805. The second-order valence-electron chi connectivity index (χ2n) is 6.20. The standard InChI is InChI=1S/C15H29N3O/c1-3-18-8-5-13(6-9-18)11-17-15(19)14-4-7-16-12(2)10-14/h12-14,16H,3-11H2,1-2H3,(H,17,19). The summed E-state index contributed by atoms with van der Waals surface area (Å²) in [4.78, 5) is 14.7. The molecule has 110 valence electrons. The molecular weight excluding hydrogens is 238 g/mol. The van der Waals surface area contributed by atoms with Crippen molar-refractivity contribution in [2.45, 2.75) is 45.6 Å². The molecule has 2 atom stereocenters. The molecule has 0 spiro atoms. The first-order chi connectivity index (χ1) is 9.19. The molecule has 2 unspecified atom stereocenters. The van der Waals surface area contributed by atoms with Crippen LogP contribution in [0.1, 0.15) is 39.5 Å². The minimum atomic E-state index is 0.229. The summed E-state index contributed by atoms with van der Waals surface area (Å²) in [5, 5.41) is 6.59. The molecule has 2 aliphatic rings. The van der Waals surface area contributed by atoms with Gasteiger partial charge in [0.15, 0.2) is 0 Å². The molecular formula is C15H29N3O. The number of nitrogens with zero attached hydrogens (tertiary/aromatic N) is 1. The summed E-state index contributed by atoms with van der Waals surface area (Å²) in [5.74, 6) is 1.20. The van der Waals surface area contributed by atoms with Gasteiger partial charge in [0.25, 0.3) is 0 Å². The van der Waals surface area contributed by atoms with Gasteiger partial charge < -0.3 is 15.5 Å². The van der Waals surface area contributed by atoms with Gasteiger partial charge in [0, 0.05) is 18.5 Å². The van der Waals surface area contributed by atoms with Crippen LogP contribution in [0.15, 0.2) is 0 Å². The van der Waals surface area contributed by atoms with Gasteiger partial charge in [-0.15, -0.1) is 0 Å². The Morgan fingerprint density at radius 2 is 2.05 bits per heavy atom. The molecule has 0 saturated carbocycles. The summed E-state index contributed by atoms with van der Waals surface area (Å²) >= 11 is 0. The Balaban J connectivity index is 1.66. The Labute approximate surface area is 117 Å². The average molecular weight is 267 g/mol. The van der Waals surface area contributed by atoms with E-state index in [9.17, 15) is 4.79 Å². The molecule has 4 nitrogen and oxygen atoms in total. The number of piperidine rings is 2. The minimum Gasteiger partial charge on any atom is -0.356 e. The van der Waals surface area contributed by atoms with Gasteiger partial charge in [0.2, 0.25) is 5.91 Å². The van der Waals surface area contributed by atoms with Gasteiger partial charge in [0.1, 0.15) is 0 Å². The fourth-order valence-corrected chi connectivity index (χ4v) is 3.27. The van der Waals surface area contributed by atoms with E-state index in [1.807, 2.05) is 0 Å². The molecule has 0 aromatic heterocycles. The van der Waals surface area contributed by atoms with Gasteiger partial charge >= 0.3 is 0 Å². The largest absolute Gasteiger partial charge is 0.356 e. The molecule has 0 radical (unpaired) electrons. The molecule has 2 N–H and O–H groups in total. The van der Waals surface area contributed by atoms with E-state index in [-0.39, 0.29) is 11.8 Å². The zero-order valence-corrected chi connectivity index (χ0v) is 12.5. The third kappa shape index (κ3) is 4.46. The van der Waals surface area contributed by atoms with Crippen LogP contribution < -0.4 is 10.6 Å². The predicted octanol–water partition coefficient (Wildman–Crippen LogP) is 1.22. The van der Waals surface area contributed by atoms with Crippen molar-refractivity contribution >= 4 is 5.91 Å². The predicted molar refractivity (Wildman–Crippen MR) is 78.0 cm³/mol. The number of carbonyl (C=O) groups excluding carboxylic acids is 1. The zero-order valence-electron chi connectivity index (χ0n) is 12.5. The highest BCUT2D eigenvalue weighted by molar-refractivity contribution is 5.78. The average Bonchev–Trinajstić information content (AvgIpc) is 2.45. The number of rotatable bonds is 4. The van der Waals surface area contributed by atoms with E-state index in [0.717, 1.165) is 32.5 Å². The molecule has 0 aliphatic carbocycles. The number of likely N-dealkylation sites (tertiary alicyclic amines) is 1. The van der Waals surface area contributed by atoms with Gasteiger partial charge in [-0.05, 0) is 64.7 Å². The number of carbonyl (C=O) groups is 1. The maximum Gasteiger partial charge on any atom is 0.223 e. The van der Waals surface area contributed by atoms with Crippen LogP contribution in [0.25, 0.3) is 0 Å². The van der Waals surface area contributed by atoms with Crippen LogP contribution in [0.5, 0.6) is 0 Å². The van der Waals surface area contributed by atoms with E-state index in [2.05, 4.69) is 29.4 Å². The lowest BCUT2D eigenvalue weighted by Crippen LogP contribution is -2.44. The number of hydrogen-bond donors (Lipinski definition) is 2. The molecule has 4 heteroatoms. The van der Waals surface area contributed by atoms with Crippen molar-refractivity contribution < 1.29 is 4.79 Å². The molecule has 2 rings (SSSR count). The topological polar surface area (TPSA) is 44.4 Å². The first-order valence-electron chi connectivity index (χ1n) is 7.92. The lowest BCUT2D eigenvalue weighted by molar-refractivity contribution is -0.126. The monoisotopic (exact) mass is 267 g/mol. The Bertz CT molecular complexity index is 287. The van der Waals surface area contributed by atoms with Crippen molar-refractivity contribution in [3.05, 3.63) is 0 Å².